The van der Waals surface area contributed by atoms with Crippen LogP contribution in [0.5, 0.6) is 0 Å². The zero-order chi connectivity index (χ0) is 12.3. The molecule has 88 valence electrons. The number of hydrogen-bond donors (Lipinski definition) is 0. The lowest BCUT2D eigenvalue weighted by Crippen LogP contribution is -1.93. The first-order chi connectivity index (χ1) is 8.15. The van der Waals surface area contributed by atoms with Gasteiger partial charge in [0.15, 0.2) is 0 Å². The molecule has 0 amide bonds. The Morgan fingerprint density at radius 3 is 2.18 bits per heavy atom. The minimum atomic E-state index is 0.711. The second-order valence-electron chi connectivity index (χ2n) is 5.17. The molecule has 0 radical (unpaired) electrons. The maximum Gasteiger partial charge on any atom is -0.0181 e. The van der Waals surface area contributed by atoms with Gasteiger partial charge in [-0.05, 0) is 36.0 Å². The summed E-state index contributed by atoms with van der Waals surface area (Å²) in [6, 6.07) is 17.6. The highest BCUT2D eigenvalue weighted by Crippen LogP contribution is 2.22. The summed E-state index contributed by atoms with van der Waals surface area (Å²) in [5.41, 5.74) is 5.39. The third-order valence-electron chi connectivity index (χ3n) is 2.92. The van der Waals surface area contributed by atoms with Gasteiger partial charge in [0.05, 0.1) is 0 Å². The second kappa shape index (κ2) is 5.18. The average Bonchev–Trinajstić information content (AvgIpc) is 2.28. The fourth-order valence-corrected chi connectivity index (χ4v) is 2.17. The van der Waals surface area contributed by atoms with Gasteiger partial charge in [0.2, 0.25) is 0 Å². The molecule has 0 aliphatic heterocycles. The van der Waals surface area contributed by atoms with Crippen LogP contribution < -0.4 is 0 Å². The van der Waals surface area contributed by atoms with E-state index in [2.05, 4.69) is 69.3 Å². The number of rotatable bonds is 3. The van der Waals surface area contributed by atoms with Crippen molar-refractivity contribution in [1.29, 1.82) is 0 Å². The molecule has 0 aromatic heterocycles. The Morgan fingerprint density at radius 2 is 1.53 bits per heavy atom. The molecule has 0 spiro atoms. The minimum absolute atomic E-state index is 0.711. The number of aryl methyl sites for hydroxylation is 1. The smallest absolute Gasteiger partial charge is 0.0181 e. The molecule has 17 heavy (non-hydrogen) atoms. The lowest BCUT2D eigenvalue weighted by Gasteiger charge is -2.08. The summed E-state index contributed by atoms with van der Waals surface area (Å²) in [4.78, 5) is 0. The highest BCUT2D eigenvalue weighted by Gasteiger charge is 2.01. The Bertz CT molecular complexity index is 495. The Labute approximate surface area is 104 Å². The maximum atomic E-state index is 2.31. The van der Waals surface area contributed by atoms with E-state index in [0.717, 1.165) is 6.42 Å². The molecule has 0 saturated carbocycles. The molecule has 0 N–H and O–H groups in total. The fourth-order valence-electron chi connectivity index (χ4n) is 2.17. The van der Waals surface area contributed by atoms with Crippen LogP contribution in [0.2, 0.25) is 0 Å². The van der Waals surface area contributed by atoms with Crippen molar-refractivity contribution in [2.75, 3.05) is 0 Å². The van der Waals surface area contributed by atoms with Gasteiger partial charge < -0.3 is 0 Å². The Morgan fingerprint density at radius 1 is 0.882 bits per heavy atom. The Balaban J connectivity index is 2.33. The topological polar surface area (TPSA) is 0 Å². The van der Waals surface area contributed by atoms with E-state index in [1.807, 2.05) is 0 Å². The minimum Gasteiger partial charge on any atom is -0.0625 e. The first kappa shape index (κ1) is 11.9. The van der Waals surface area contributed by atoms with Crippen LogP contribution in [0.25, 0.3) is 11.1 Å². The van der Waals surface area contributed by atoms with Crippen molar-refractivity contribution < 1.29 is 0 Å². The van der Waals surface area contributed by atoms with Crippen molar-refractivity contribution in [2.45, 2.75) is 27.2 Å². The molecule has 0 aliphatic carbocycles. The van der Waals surface area contributed by atoms with Gasteiger partial charge in [-0.25, -0.2) is 0 Å². The Kier molecular flexibility index (Phi) is 3.63. The molecular formula is C17H20. The van der Waals surface area contributed by atoms with Gasteiger partial charge in [-0.15, -0.1) is 0 Å². The predicted molar refractivity (Wildman–Crippen MR) is 75.2 cm³/mol. The highest BCUT2D eigenvalue weighted by molar-refractivity contribution is 5.64. The molecule has 0 atom stereocenters. The summed E-state index contributed by atoms with van der Waals surface area (Å²) in [5, 5.41) is 0. The first-order valence-electron chi connectivity index (χ1n) is 6.31. The third-order valence-corrected chi connectivity index (χ3v) is 2.92. The SMILES string of the molecule is Cc1cccc(-c2cccc(CC(C)C)c2)c1. The van der Waals surface area contributed by atoms with Gasteiger partial charge in [-0.3, -0.25) is 0 Å². The van der Waals surface area contributed by atoms with E-state index >= 15 is 0 Å². The van der Waals surface area contributed by atoms with Crippen molar-refractivity contribution in [1.82, 2.24) is 0 Å². The summed E-state index contributed by atoms with van der Waals surface area (Å²) in [7, 11) is 0. The zero-order valence-electron chi connectivity index (χ0n) is 10.9. The Hall–Kier alpha value is -1.56. The fraction of sp³-hybridized carbons (Fsp3) is 0.294. The lowest BCUT2D eigenvalue weighted by molar-refractivity contribution is 0.647. The average molecular weight is 224 g/mol. The van der Waals surface area contributed by atoms with Gasteiger partial charge in [0.25, 0.3) is 0 Å². The monoisotopic (exact) mass is 224 g/mol. The van der Waals surface area contributed by atoms with Gasteiger partial charge in [-0.2, -0.15) is 0 Å². The third kappa shape index (κ3) is 3.20. The molecule has 2 aromatic rings. The van der Waals surface area contributed by atoms with Gasteiger partial charge >= 0.3 is 0 Å². The molecule has 0 heteroatoms. The van der Waals surface area contributed by atoms with E-state index in [9.17, 15) is 0 Å². The summed E-state index contributed by atoms with van der Waals surface area (Å²) in [5.74, 6) is 0.711. The van der Waals surface area contributed by atoms with E-state index in [1.165, 1.54) is 22.3 Å². The van der Waals surface area contributed by atoms with Crippen LogP contribution in [0.4, 0.5) is 0 Å². The summed E-state index contributed by atoms with van der Waals surface area (Å²) < 4.78 is 0. The van der Waals surface area contributed by atoms with Crippen molar-refractivity contribution in [2.24, 2.45) is 5.92 Å². The van der Waals surface area contributed by atoms with Crippen LogP contribution >= 0.6 is 0 Å². The van der Waals surface area contributed by atoms with Crippen LogP contribution in [0, 0.1) is 12.8 Å². The van der Waals surface area contributed by atoms with Crippen molar-refractivity contribution >= 4 is 0 Å². The summed E-state index contributed by atoms with van der Waals surface area (Å²) >= 11 is 0. The van der Waals surface area contributed by atoms with E-state index in [1.54, 1.807) is 0 Å². The molecule has 0 unspecified atom stereocenters. The maximum absolute atomic E-state index is 2.31. The van der Waals surface area contributed by atoms with Crippen molar-refractivity contribution in [3.8, 4) is 11.1 Å². The van der Waals surface area contributed by atoms with Crippen LogP contribution in [0.1, 0.15) is 25.0 Å². The van der Waals surface area contributed by atoms with Crippen LogP contribution in [0.3, 0.4) is 0 Å². The van der Waals surface area contributed by atoms with Crippen LogP contribution in [-0.2, 0) is 6.42 Å². The zero-order valence-corrected chi connectivity index (χ0v) is 10.9. The summed E-state index contributed by atoms with van der Waals surface area (Å²) in [6.45, 7) is 6.67. The lowest BCUT2D eigenvalue weighted by atomic mass is 9.97. The molecule has 0 saturated heterocycles. The largest absolute Gasteiger partial charge is 0.0625 e. The molecular weight excluding hydrogens is 204 g/mol. The van der Waals surface area contributed by atoms with Crippen LogP contribution in [-0.4, -0.2) is 0 Å². The van der Waals surface area contributed by atoms with Gasteiger partial charge in [-0.1, -0.05) is 67.9 Å². The van der Waals surface area contributed by atoms with E-state index in [4.69, 9.17) is 0 Å². The van der Waals surface area contributed by atoms with E-state index in [-0.39, 0.29) is 0 Å². The molecule has 0 bridgehead atoms. The molecule has 2 aromatic carbocycles. The van der Waals surface area contributed by atoms with E-state index in [0.29, 0.717) is 5.92 Å². The first-order valence-corrected chi connectivity index (χ1v) is 6.31. The number of hydrogen-bond acceptors (Lipinski definition) is 0. The molecule has 0 nitrogen and oxygen atoms in total. The molecule has 0 heterocycles. The summed E-state index contributed by atoms with van der Waals surface area (Å²) in [6.07, 6.45) is 1.15. The second-order valence-corrected chi connectivity index (χ2v) is 5.17. The van der Waals surface area contributed by atoms with Crippen molar-refractivity contribution in [3.63, 3.8) is 0 Å². The molecule has 0 aliphatic rings. The van der Waals surface area contributed by atoms with Crippen LogP contribution in [0.15, 0.2) is 48.5 Å². The van der Waals surface area contributed by atoms with Crippen molar-refractivity contribution in [3.05, 3.63) is 59.7 Å². The van der Waals surface area contributed by atoms with Gasteiger partial charge in [0, 0.05) is 0 Å². The number of benzene rings is 2. The predicted octanol–water partition coefficient (Wildman–Crippen LogP) is 4.86. The molecule has 0 fully saturated rings. The van der Waals surface area contributed by atoms with Gasteiger partial charge in [0.1, 0.15) is 0 Å². The highest BCUT2D eigenvalue weighted by atomic mass is 14.1. The molecule has 2 rings (SSSR count). The standard InChI is InChI=1S/C17H20/c1-13(2)10-15-7-5-9-17(12-15)16-8-4-6-14(3)11-16/h4-9,11-13H,10H2,1-3H3. The quantitative estimate of drug-likeness (QED) is 0.698. The normalized spacial score (nSPS) is 10.8. The van der Waals surface area contributed by atoms with E-state index < -0.39 is 0 Å².